The van der Waals surface area contributed by atoms with E-state index in [-0.39, 0.29) is 6.79 Å². The molecule has 0 N–H and O–H groups in total. The van der Waals surface area contributed by atoms with Crippen LogP contribution in [0.1, 0.15) is 25.8 Å². The van der Waals surface area contributed by atoms with E-state index in [9.17, 15) is 0 Å². The van der Waals surface area contributed by atoms with Crippen molar-refractivity contribution in [2.45, 2.75) is 20.3 Å². The van der Waals surface area contributed by atoms with Crippen molar-refractivity contribution in [3.05, 3.63) is 41.6 Å². The van der Waals surface area contributed by atoms with Gasteiger partial charge in [-0.1, -0.05) is 25.1 Å². The maximum atomic E-state index is 5.57. The first kappa shape index (κ1) is 20.2. The molecule has 2 aliphatic rings. The van der Waals surface area contributed by atoms with E-state index < -0.39 is 0 Å². The molecule has 1 aromatic carbocycles. The SMILES string of the molecule is CC/C=C1/N=C(c2cccc(OCOC)c2)N=C(N2CCOCC2)/C1=N/CC. The molecule has 1 saturated heterocycles. The van der Waals surface area contributed by atoms with Crippen LogP contribution in [-0.2, 0) is 9.47 Å². The third-order valence-electron chi connectivity index (χ3n) is 4.35. The number of methoxy groups -OCH3 is 1. The number of rotatable bonds is 6. The van der Waals surface area contributed by atoms with E-state index in [0.717, 1.165) is 48.1 Å². The first-order chi connectivity index (χ1) is 13.8. The minimum Gasteiger partial charge on any atom is -0.468 e. The van der Waals surface area contributed by atoms with Crippen molar-refractivity contribution in [2.24, 2.45) is 15.0 Å². The topological polar surface area (TPSA) is 68.0 Å². The van der Waals surface area contributed by atoms with E-state index in [0.29, 0.717) is 25.6 Å². The van der Waals surface area contributed by atoms with Gasteiger partial charge in [0.1, 0.15) is 11.5 Å². The molecule has 0 radical (unpaired) electrons. The Bertz CT molecular complexity index is 793. The van der Waals surface area contributed by atoms with Crippen LogP contribution in [-0.4, -0.2) is 69.0 Å². The summed E-state index contributed by atoms with van der Waals surface area (Å²) in [5.74, 6) is 2.26. The van der Waals surface area contributed by atoms with Gasteiger partial charge in [-0.15, -0.1) is 0 Å². The van der Waals surface area contributed by atoms with Crippen LogP contribution >= 0.6 is 0 Å². The Morgan fingerprint density at radius 2 is 2.04 bits per heavy atom. The second-order valence-electron chi connectivity index (χ2n) is 6.37. The second-order valence-corrected chi connectivity index (χ2v) is 6.37. The molecule has 0 amide bonds. The van der Waals surface area contributed by atoms with Crippen LogP contribution in [0.2, 0.25) is 0 Å². The van der Waals surface area contributed by atoms with Gasteiger partial charge in [-0.05, 0) is 25.5 Å². The first-order valence-electron chi connectivity index (χ1n) is 9.74. The quantitative estimate of drug-likeness (QED) is 0.707. The van der Waals surface area contributed by atoms with Gasteiger partial charge < -0.3 is 19.1 Å². The Balaban J connectivity index is 2.01. The lowest BCUT2D eigenvalue weighted by Crippen LogP contribution is -2.46. The molecular formula is C21H28N4O3. The smallest absolute Gasteiger partial charge is 0.188 e. The third-order valence-corrected chi connectivity index (χ3v) is 4.35. The minimum absolute atomic E-state index is 0.201. The highest BCUT2D eigenvalue weighted by molar-refractivity contribution is 6.50. The van der Waals surface area contributed by atoms with Crippen LogP contribution in [0.4, 0.5) is 0 Å². The van der Waals surface area contributed by atoms with E-state index in [1.165, 1.54) is 0 Å². The maximum absolute atomic E-state index is 5.57. The molecule has 0 saturated carbocycles. The largest absolute Gasteiger partial charge is 0.468 e. The van der Waals surface area contributed by atoms with Gasteiger partial charge in [-0.25, -0.2) is 9.98 Å². The zero-order valence-corrected chi connectivity index (χ0v) is 16.9. The van der Waals surface area contributed by atoms with Gasteiger partial charge in [0.15, 0.2) is 18.5 Å². The molecule has 7 nitrogen and oxygen atoms in total. The monoisotopic (exact) mass is 384 g/mol. The third kappa shape index (κ3) is 4.85. The number of hydrogen-bond acceptors (Lipinski definition) is 7. The highest BCUT2D eigenvalue weighted by Crippen LogP contribution is 2.21. The average molecular weight is 384 g/mol. The van der Waals surface area contributed by atoms with E-state index in [1.54, 1.807) is 7.11 Å². The summed E-state index contributed by atoms with van der Waals surface area (Å²) in [6.45, 7) is 8.00. The Morgan fingerprint density at radius 1 is 1.21 bits per heavy atom. The Kier molecular flexibility index (Phi) is 7.33. The summed E-state index contributed by atoms with van der Waals surface area (Å²) in [5.41, 5.74) is 2.64. The predicted molar refractivity (Wildman–Crippen MR) is 112 cm³/mol. The zero-order chi connectivity index (χ0) is 19.8. The lowest BCUT2D eigenvalue weighted by Gasteiger charge is -2.32. The molecule has 0 aliphatic carbocycles. The van der Waals surface area contributed by atoms with Crippen LogP contribution in [0.5, 0.6) is 5.75 Å². The molecule has 0 bridgehead atoms. The number of hydrogen-bond donors (Lipinski definition) is 0. The van der Waals surface area contributed by atoms with Crippen molar-refractivity contribution in [3.8, 4) is 5.75 Å². The highest BCUT2D eigenvalue weighted by atomic mass is 16.7. The van der Waals surface area contributed by atoms with E-state index >= 15 is 0 Å². The lowest BCUT2D eigenvalue weighted by molar-refractivity contribution is 0.0511. The number of amidine groups is 2. The number of aliphatic imine (C=N–C) groups is 3. The summed E-state index contributed by atoms with van der Waals surface area (Å²) >= 11 is 0. The number of ether oxygens (including phenoxy) is 3. The Hall–Kier alpha value is -2.51. The summed E-state index contributed by atoms with van der Waals surface area (Å²) < 4.78 is 16.1. The molecule has 1 fully saturated rings. The normalized spacial score (nSPS) is 20.3. The maximum Gasteiger partial charge on any atom is 0.188 e. The molecule has 1 aromatic rings. The fraction of sp³-hybridized carbons (Fsp3) is 0.476. The molecule has 2 aliphatic heterocycles. The van der Waals surface area contributed by atoms with Crippen LogP contribution in [0, 0.1) is 0 Å². The summed E-state index contributed by atoms with van der Waals surface area (Å²) in [5, 5.41) is 0. The van der Waals surface area contributed by atoms with Gasteiger partial charge in [0.2, 0.25) is 0 Å². The standard InChI is InChI=1S/C21H28N4O3/c1-4-7-18-19(22-5-2)21(25-10-12-27-13-11-25)24-20(23-18)16-8-6-9-17(14-16)28-15-26-3/h6-9,14H,4-5,10-13,15H2,1-3H3/b18-7+,22-19+. The molecule has 0 atom stereocenters. The first-order valence-corrected chi connectivity index (χ1v) is 9.74. The van der Waals surface area contributed by atoms with Crippen molar-refractivity contribution < 1.29 is 14.2 Å². The van der Waals surface area contributed by atoms with Gasteiger partial charge in [-0.2, -0.15) is 0 Å². The Morgan fingerprint density at radius 3 is 2.75 bits per heavy atom. The summed E-state index contributed by atoms with van der Waals surface area (Å²) in [7, 11) is 1.60. The van der Waals surface area contributed by atoms with Crippen molar-refractivity contribution >= 4 is 17.4 Å². The van der Waals surface area contributed by atoms with Crippen LogP contribution in [0.25, 0.3) is 0 Å². The highest BCUT2D eigenvalue weighted by Gasteiger charge is 2.27. The molecule has 150 valence electrons. The fourth-order valence-corrected chi connectivity index (χ4v) is 3.08. The molecular weight excluding hydrogens is 356 g/mol. The minimum atomic E-state index is 0.201. The van der Waals surface area contributed by atoms with E-state index in [2.05, 4.69) is 17.9 Å². The molecule has 0 aromatic heterocycles. The van der Waals surface area contributed by atoms with E-state index in [1.807, 2.05) is 31.2 Å². The molecule has 28 heavy (non-hydrogen) atoms. The predicted octanol–water partition coefficient (Wildman–Crippen LogP) is 2.92. The van der Waals surface area contributed by atoms with Crippen LogP contribution in [0.15, 0.2) is 51.0 Å². The van der Waals surface area contributed by atoms with Gasteiger partial charge in [0, 0.05) is 32.3 Å². The van der Waals surface area contributed by atoms with Gasteiger partial charge >= 0.3 is 0 Å². The lowest BCUT2D eigenvalue weighted by atomic mass is 10.1. The average Bonchev–Trinajstić information content (AvgIpc) is 2.74. The van der Waals surface area contributed by atoms with Crippen LogP contribution < -0.4 is 4.74 Å². The molecule has 2 heterocycles. The molecule has 7 heteroatoms. The van der Waals surface area contributed by atoms with Gasteiger partial charge in [0.05, 0.1) is 18.9 Å². The van der Waals surface area contributed by atoms with Crippen LogP contribution in [0.3, 0.4) is 0 Å². The number of morpholine rings is 1. The van der Waals surface area contributed by atoms with Crippen molar-refractivity contribution in [3.63, 3.8) is 0 Å². The van der Waals surface area contributed by atoms with Crippen molar-refractivity contribution in [2.75, 3.05) is 46.8 Å². The summed E-state index contributed by atoms with van der Waals surface area (Å²) in [6.07, 6.45) is 2.98. The number of benzene rings is 1. The van der Waals surface area contributed by atoms with Gasteiger partial charge in [0.25, 0.3) is 0 Å². The second kappa shape index (κ2) is 10.1. The fourth-order valence-electron chi connectivity index (χ4n) is 3.08. The summed E-state index contributed by atoms with van der Waals surface area (Å²) in [6, 6.07) is 7.76. The van der Waals surface area contributed by atoms with Crippen molar-refractivity contribution in [1.29, 1.82) is 0 Å². The molecule has 0 spiro atoms. The molecule has 0 unspecified atom stereocenters. The van der Waals surface area contributed by atoms with E-state index in [4.69, 9.17) is 29.2 Å². The Labute approximate surface area is 166 Å². The molecule has 3 rings (SSSR count). The number of allylic oxidation sites excluding steroid dienone is 1. The van der Waals surface area contributed by atoms with Crippen molar-refractivity contribution in [1.82, 2.24) is 4.90 Å². The summed E-state index contributed by atoms with van der Waals surface area (Å²) in [4.78, 5) is 16.7. The van der Waals surface area contributed by atoms with Gasteiger partial charge in [-0.3, -0.25) is 4.99 Å². The zero-order valence-electron chi connectivity index (χ0n) is 16.9. The number of nitrogens with zero attached hydrogens (tertiary/aromatic N) is 4.